The Morgan fingerprint density at radius 3 is 2.39 bits per heavy atom. The van der Waals surface area contributed by atoms with Crippen LogP contribution in [0.15, 0.2) is 58.1 Å². The van der Waals surface area contributed by atoms with Crippen LogP contribution in [0.25, 0.3) is 16.6 Å². The Morgan fingerprint density at radius 2 is 1.67 bits per heavy atom. The van der Waals surface area contributed by atoms with Gasteiger partial charge in [0.1, 0.15) is 6.54 Å². The summed E-state index contributed by atoms with van der Waals surface area (Å²) in [5.74, 6) is -0.297. The number of hydrogen-bond acceptors (Lipinski definition) is 4. The third kappa shape index (κ3) is 5.93. The highest BCUT2D eigenvalue weighted by molar-refractivity contribution is 5.82. The lowest BCUT2D eigenvalue weighted by Crippen LogP contribution is -2.42. The van der Waals surface area contributed by atoms with Gasteiger partial charge in [-0.2, -0.15) is 0 Å². The Labute approximate surface area is 210 Å². The lowest BCUT2D eigenvalue weighted by molar-refractivity contribution is -0.122. The minimum atomic E-state index is -0.577. The molecule has 0 radical (unpaired) electrons. The summed E-state index contributed by atoms with van der Waals surface area (Å²) in [7, 11) is 0. The molecule has 4 rings (SSSR count). The second kappa shape index (κ2) is 11.8. The van der Waals surface area contributed by atoms with Crippen molar-refractivity contribution in [1.82, 2.24) is 19.8 Å². The van der Waals surface area contributed by atoms with Gasteiger partial charge in [-0.1, -0.05) is 56.9 Å². The number of amides is 2. The third-order valence-corrected chi connectivity index (χ3v) is 6.73. The molecule has 0 atom stereocenters. The molecule has 190 valence electrons. The number of para-hydroxylation sites is 1. The highest BCUT2D eigenvalue weighted by Crippen LogP contribution is 2.18. The van der Waals surface area contributed by atoms with E-state index in [1.165, 1.54) is 11.0 Å². The van der Waals surface area contributed by atoms with E-state index in [0.29, 0.717) is 23.1 Å². The lowest BCUT2D eigenvalue weighted by atomic mass is 9.95. The summed E-state index contributed by atoms with van der Waals surface area (Å²) < 4.78 is 2.43. The molecule has 3 aromatic rings. The molecule has 36 heavy (non-hydrogen) atoms. The average Bonchev–Trinajstić information content (AvgIpc) is 2.88. The molecule has 8 nitrogen and oxygen atoms in total. The number of nitrogens with one attached hydrogen (secondary N) is 2. The average molecular weight is 491 g/mol. The van der Waals surface area contributed by atoms with Crippen LogP contribution in [-0.4, -0.2) is 33.5 Å². The van der Waals surface area contributed by atoms with Gasteiger partial charge < -0.3 is 10.6 Å². The monoisotopic (exact) mass is 490 g/mol. The van der Waals surface area contributed by atoms with Gasteiger partial charge in [0.15, 0.2) is 0 Å². The van der Waals surface area contributed by atoms with E-state index in [9.17, 15) is 19.2 Å². The van der Waals surface area contributed by atoms with Crippen molar-refractivity contribution in [2.75, 3.05) is 6.54 Å². The van der Waals surface area contributed by atoms with E-state index in [0.717, 1.165) is 48.7 Å². The van der Waals surface area contributed by atoms with E-state index >= 15 is 0 Å². The highest BCUT2D eigenvalue weighted by atomic mass is 16.2. The minimum absolute atomic E-state index is 0.0195. The number of unbranched alkanes of at least 4 members (excludes halogenated alkanes) is 1. The number of rotatable bonds is 9. The first kappa shape index (κ1) is 25.4. The van der Waals surface area contributed by atoms with Gasteiger partial charge in [0, 0.05) is 12.6 Å². The molecular formula is C28H34N4O4. The highest BCUT2D eigenvalue weighted by Gasteiger charge is 2.18. The summed E-state index contributed by atoms with van der Waals surface area (Å²) in [6, 6.07) is 13.9. The van der Waals surface area contributed by atoms with Gasteiger partial charge in [0.05, 0.1) is 23.0 Å². The molecule has 1 aliphatic rings. The zero-order valence-corrected chi connectivity index (χ0v) is 20.8. The summed E-state index contributed by atoms with van der Waals surface area (Å²) in [6.07, 6.45) is 7.63. The third-order valence-electron chi connectivity index (χ3n) is 6.73. The summed E-state index contributed by atoms with van der Waals surface area (Å²) in [5, 5.41) is 6.30. The van der Waals surface area contributed by atoms with Crippen LogP contribution in [0.2, 0.25) is 0 Å². The number of nitrogens with zero attached hydrogens (tertiary/aromatic N) is 2. The number of aromatic nitrogens is 2. The van der Waals surface area contributed by atoms with Gasteiger partial charge in [-0.25, -0.2) is 9.36 Å². The fourth-order valence-electron chi connectivity index (χ4n) is 4.78. The zero-order chi connectivity index (χ0) is 25.5. The predicted octanol–water partition coefficient (Wildman–Crippen LogP) is 3.06. The first-order valence-corrected chi connectivity index (χ1v) is 12.9. The van der Waals surface area contributed by atoms with Crippen molar-refractivity contribution >= 4 is 22.7 Å². The first-order valence-electron chi connectivity index (χ1n) is 12.9. The van der Waals surface area contributed by atoms with Crippen molar-refractivity contribution in [3.8, 4) is 5.69 Å². The number of carbonyl (C=O) groups excluding carboxylic acids is 2. The molecule has 1 aromatic heterocycles. The molecule has 1 aliphatic carbocycles. The summed E-state index contributed by atoms with van der Waals surface area (Å²) in [5.41, 5.74) is 0.599. The maximum Gasteiger partial charge on any atom is 0.336 e. The Hall–Kier alpha value is -3.68. The van der Waals surface area contributed by atoms with Crippen molar-refractivity contribution in [2.45, 2.75) is 70.9 Å². The zero-order valence-electron chi connectivity index (χ0n) is 20.8. The van der Waals surface area contributed by atoms with E-state index < -0.39 is 11.2 Å². The van der Waals surface area contributed by atoms with Crippen LogP contribution in [0.1, 0.15) is 57.4 Å². The molecule has 2 amide bonds. The fourth-order valence-corrected chi connectivity index (χ4v) is 4.78. The normalized spacial score (nSPS) is 14.0. The van der Waals surface area contributed by atoms with Crippen LogP contribution in [-0.2, 0) is 22.6 Å². The molecular weight excluding hydrogens is 456 g/mol. The number of hydrogen-bond donors (Lipinski definition) is 2. The standard InChI is InChI=1S/C28H34N4O4/c1-2-3-17-29-26(34)19-31-24-12-8-7-11-23(24)27(35)32(28(31)36)22-15-13-20(14-16-22)18-25(33)30-21-9-5-4-6-10-21/h7-8,11-16,21H,2-6,9-10,17-19H2,1H3,(H,29,34)(H,30,33). The van der Waals surface area contributed by atoms with E-state index in [1.54, 1.807) is 48.5 Å². The maximum absolute atomic E-state index is 13.4. The van der Waals surface area contributed by atoms with E-state index in [1.807, 2.05) is 6.92 Å². The van der Waals surface area contributed by atoms with Gasteiger partial charge >= 0.3 is 5.69 Å². The van der Waals surface area contributed by atoms with E-state index in [4.69, 9.17) is 0 Å². The Bertz CT molecular complexity index is 1330. The van der Waals surface area contributed by atoms with Gasteiger partial charge in [-0.3, -0.25) is 19.0 Å². The molecule has 2 N–H and O–H groups in total. The molecule has 2 aromatic carbocycles. The summed E-state index contributed by atoms with van der Waals surface area (Å²) in [4.78, 5) is 51.7. The molecule has 1 fully saturated rings. The number of fused-ring (bicyclic) bond motifs is 1. The van der Waals surface area contributed by atoms with Gasteiger partial charge in [-0.15, -0.1) is 0 Å². The van der Waals surface area contributed by atoms with E-state index in [-0.39, 0.29) is 30.8 Å². The molecule has 1 heterocycles. The van der Waals surface area contributed by atoms with Gasteiger partial charge in [0.2, 0.25) is 11.8 Å². The smallest absolute Gasteiger partial charge is 0.336 e. The number of carbonyl (C=O) groups is 2. The van der Waals surface area contributed by atoms with Crippen molar-refractivity contribution in [3.63, 3.8) is 0 Å². The van der Waals surface area contributed by atoms with Crippen LogP contribution in [0.3, 0.4) is 0 Å². The Kier molecular flexibility index (Phi) is 8.36. The Morgan fingerprint density at radius 1 is 0.944 bits per heavy atom. The SMILES string of the molecule is CCCCNC(=O)Cn1c(=O)n(-c2ccc(CC(=O)NC3CCCCC3)cc2)c(=O)c2ccccc21. The quantitative estimate of drug-likeness (QED) is 0.450. The van der Waals surface area contributed by atoms with Crippen LogP contribution in [0.4, 0.5) is 0 Å². The van der Waals surface area contributed by atoms with Crippen molar-refractivity contribution in [3.05, 3.63) is 74.9 Å². The van der Waals surface area contributed by atoms with Crippen LogP contribution >= 0.6 is 0 Å². The Balaban J connectivity index is 1.59. The molecule has 0 saturated heterocycles. The first-order chi connectivity index (χ1) is 17.5. The van der Waals surface area contributed by atoms with Crippen molar-refractivity contribution in [2.24, 2.45) is 0 Å². The topological polar surface area (TPSA) is 102 Å². The second-order valence-electron chi connectivity index (χ2n) is 9.48. The molecule has 0 bridgehead atoms. The van der Waals surface area contributed by atoms with Crippen molar-refractivity contribution in [1.29, 1.82) is 0 Å². The van der Waals surface area contributed by atoms with Gasteiger partial charge in [0.25, 0.3) is 5.56 Å². The molecule has 0 spiro atoms. The van der Waals surface area contributed by atoms with Crippen molar-refractivity contribution < 1.29 is 9.59 Å². The molecule has 0 aliphatic heterocycles. The minimum Gasteiger partial charge on any atom is -0.355 e. The van der Waals surface area contributed by atoms with Crippen LogP contribution in [0, 0.1) is 0 Å². The summed E-state index contributed by atoms with van der Waals surface area (Å²) >= 11 is 0. The fraction of sp³-hybridized carbons (Fsp3) is 0.429. The van der Waals surface area contributed by atoms with Crippen LogP contribution in [0.5, 0.6) is 0 Å². The molecule has 0 unspecified atom stereocenters. The number of benzene rings is 2. The van der Waals surface area contributed by atoms with Crippen LogP contribution < -0.4 is 21.9 Å². The predicted molar refractivity (Wildman–Crippen MR) is 140 cm³/mol. The lowest BCUT2D eigenvalue weighted by Gasteiger charge is -2.22. The largest absolute Gasteiger partial charge is 0.355 e. The summed E-state index contributed by atoms with van der Waals surface area (Å²) in [6.45, 7) is 2.40. The molecule has 8 heteroatoms. The van der Waals surface area contributed by atoms with Gasteiger partial charge in [-0.05, 0) is 49.1 Å². The van der Waals surface area contributed by atoms with E-state index in [2.05, 4.69) is 10.6 Å². The molecule has 1 saturated carbocycles. The maximum atomic E-state index is 13.4. The second-order valence-corrected chi connectivity index (χ2v) is 9.48.